The summed E-state index contributed by atoms with van der Waals surface area (Å²) in [6, 6.07) is 9.02. The minimum absolute atomic E-state index is 0.215. The minimum Gasteiger partial charge on any atom is -0.496 e. The molecule has 1 saturated heterocycles. The number of rotatable bonds is 3. The van der Waals surface area contributed by atoms with Crippen molar-refractivity contribution in [3.8, 4) is 28.4 Å². The number of halogens is 3. The summed E-state index contributed by atoms with van der Waals surface area (Å²) in [5, 5.41) is 5.67. The normalized spacial score (nSPS) is 16.5. The molecule has 0 atom stereocenters. The first kappa shape index (κ1) is 23.5. The number of methoxy groups -OCH3 is 1. The Kier molecular flexibility index (Phi) is 6.04. The fourth-order valence-corrected chi connectivity index (χ4v) is 5.39. The predicted octanol–water partition coefficient (Wildman–Crippen LogP) is 5.76. The lowest BCUT2D eigenvalue weighted by Crippen LogP contribution is -2.55. The fourth-order valence-electron chi connectivity index (χ4n) is 4.37. The zero-order valence-corrected chi connectivity index (χ0v) is 21.9. The van der Waals surface area contributed by atoms with Crippen LogP contribution in [-0.2, 0) is 11.3 Å². The number of carbonyl (C=O) groups is 1. The molecular weight excluding hydrogens is 545 g/mol. The number of hydrogen-bond donors (Lipinski definition) is 0. The molecular formula is C24H22BrCl2N3O4. The van der Waals surface area contributed by atoms with E-state index in [1.165, 1.54) is 0 Å². The van der Waals surface area contributed by atoms with E-state index in [-0.39, 0.29) is 18.2 Å². The Morgan fingerprint density at radius 1 is 1.18 bits per heavy atom. The highest BCUT2D eigenvalue weighted by Crippen LogP contribution is 2.45. The maximum atomic E-state index is 13.8. The van der Waals surface area contributed by atoms with Crippen LogP contribution < -0.4 is 9.47 Å². The molecule has 178 valence electrons. The Morgan fingerprint density at radius 3 is 2.59 bits per heavy atom. The van der Waals surface area contributed by atoms with Crippen molar-refractivity contribution in [3.05, 3.63) is 56.1 Å². The van der Waals surface area contributed by atoms with Gasteiger partial charge in [-0.1, -0.05) is 23.2 Å². The summed E-state index contributed by atoms with van der Waals surface area (Å²) in [4.78, 5) is 15.6. The molecule has 0 N–H and O–H groups in total. The molecule has 3 heterocycles. The van der Waals surface area contributed by atoms with Crippen LogP contribution in [0.2, 0.25) is 10.0 Å². The number of amides is 1. The van der Waals surface area contributed by atoms with Crippen LogP contribution in [0.5, 0.6) is 11.5 Å². The third-order valence-electron chi connectivity index (χ3n) is 6.03. The molecule has 1 fully saturated rings. The van der Waals surface area contributed by atoms with Gasteiger partial charge in [-0.25, -0.2) is 4.68 Å². The molecule has 2 aliphatic heterocycles. The molecule has 5 rings (SSSR count). The van der Waals surface area contributed by atoms with Gasteiger partial charge in [-0.05, 0) is 60.1 Å². The van der Waals surface area contributed by atoms with E-state index in [0.717, 1.165) is 15.6 Å². The van der Waals surface area contributed by atoms with Gasteiger partial charge >= 0.3 is 0 Å². The zero-order chi connectivity index (χ0) is 24.2. The molecule has 10 heteroatoms. The molecule has 2 aliphatic rings. The van der Waals surface area contributed by atoms with Crippen LogP contribution in [0.4, 0.5) is 0 Å². The lowest BCUT2D eigenvalue weighted by molar-refractivity contribution is -0.0374. The summed E-state index contributed by atoms with van der Waals surface area (Å²) in [5.74, 6) is 0.898. The van der Waals surface area contributed by atoms with E-state index in [2.05, 4.69) is 15.9 Å². The second-order valence-electron chi connectivity index (χ2n) is 8.82. The van der Waals surface area contributed by atoms with Gasteiger partial charge in [0.25, 0.3) is 5.91 Å². The van der Waals surface area contributed by atoms with Gasteiger partial charge < -0.3 is 19.1 Å². The van der Waals surface area contributed by atoms with E-state index in [1.807, 2.05) is 26.0 Å². The van der Waals surface area contributed by atoms with Gasteiger partial charge in [0, 0.05) is 27.7 Å². The maximum absolute atomic E-state index is 13.8. The monoisotopic (exact) mass is 565 g/mol. The third-order valence-corrected chi connectivity index (χ3v) is 7.09. The largest absolute Gasteiger partial charge is 0.496 e. The van der Waals surface area contributed by atoms with Crippen molar-refractivity contribution in [2.45, 2.75) is 26.0 Å². The smallest absolute Gasteiger partial charge is 0.278 e. The summed E-state index contributed by atoms with van der Waals surface area (Å²) >= 11 is 16.2. The van der Waals surface area contributed by atoms with Crippen LogP contribution in [-0.4, -0.2) is 53.0 Å². The van der Waals surface area contributed by atoms with Gasteiger partial charge in [-0.3, -0.25) is 4.79 Å². The quantitative estimate of drug-likeness (QED) is 0.403. The van der Waals surface area contributed by atoms with Crippen LogP contribution in [0.3, 0.4) is 0 Å². The molecule has 34 heavy (non-hydrogen) atoms. The molecule has 0 unspecified atom stereocenters. The van der Waals surface area contributed by atoms with Crippen LogP contribution in [0.15, 0.2) is 34.8 Å². The van der Waals surface area contributed by atoms with E-state index in [1.54, 1.807) is 34.9 Å². The summed E-state index contributed by atoms with van der Waals surface area (Å²) in [7, 11) is 1.61. The topological polar surface area (TPSA) is 65.8 Å². The predicted molar refractivity (Wildman–Crippen MR) is 134 cm³/mol. The molecule has 0 aliphatic carbocycles. The average Bonchev–Trinajstić information content (AvgIpc) is 3.17. The molecule has 0 bridgehead atoms. The lowest BCUT2D eigenvalue weighted by atomic mass is 9.99. The van der Waals surface area contributed by atoms with Crippen LogP contribution in [0.25, 0.3) is 16.9 Å². The number of aromatic nitrogens is 2. The highest BCUT2D eigenvalue weighted by atomic mass is 79.9. The molecule has 0 spiro atoms. The van der Waals surface area contributed by atoms with E-state index < -0.39 is 5.54 Å². The molecule has 3 aromatic rings. The van der Waals surface area contributed by atoms with E-state index in [0.29, 0.717) is 52.7 Å². The fraction of sp³-hybridized carbons (Fsp3) is 0.333. The number of carbonyl (C=O) groups excluding carboxylic acids is 1. The van der Waals surface area contributed by atoms with E-state index in [4.69, 9.17) is 42.5 Å². The molecule has 2 aromatic carbocycles. The summed E-state index contributed by atoms with van der Waals surface area (Å²) < 4.78 is 19.7. The van der Waals surface area contributed by atoms with Gasteiger partial charge in [0.05, 0.1) is 36.0 Å². The summed E-state index contributed by atoms with van der Waals surface area (Å²) in [6.07, 6.45) is 0. The molecule has 7 nitrogen and oxygen atoms in total. The van der Waals surface area contributed by atoms with Crippen LogP contribution in [0, 0.1) is 0 Å². The zero-order valence-electron chi connectivity index (χ0n) is 18.8. The summed E-state index contributed by atoms with van der Waals surface area (Å²) in [6.45, 7) is 5.62. The second kappa shape index (κ2) is 8.75. The Bertz CT molecular complexity index is 1290. The Labute approximate surface area is 215 Å². The Balaban J connectivity index is 1.73. The van der Waals surface area contributed by atoms with Crippen molar-refractivity contribution in [2.24, 2.45) is 0 Å². The summed E-state index contributed by atoms with van der Waals surface area (Å²) in [5.41, 5.74) is 2.81. The molecule has 0 radical (unpaired) electrons. The molecule has 0 saturated carbocycles. The van der Waals surface area contributed by atoms with Gasteiger partial charge in [-0.2, -0.15) is 5.10 Å². The Morgan fingerprint density at radius 2 is 1.91 bits per heavy atom. The third kappa shape index (κ3) is 3.96. The molecule has 1 amide bonds. The van der Waals surface area contributed by atoms with Crippen molar-refractivity contribution in [1.29, 1.82) is 0 Å². The Hall–Kier alpha value is -2.26. The first-order chi connectivity index (χ1) is 16.2. The van der Waals surface area contributed by atoms with Gasteiger partial charge in [0.15, 0.2) is 11.4 Å². The van der Waals surface area contributed by atoms with Gasteiger partial charge in [-0.15, -0.1) is 0 Å². The number of hydrogen-bond acceptors (Lipinski definition) is 5. The average molecular weight is 567 g/mol. The minimum atomic E-state index is -0.478. The van der Waals surface area contributed by atoms with E-state index >= 15 is 0 Å². The molecule has 1 aromatic heterocycles. The number of nitrogens with zero attached hydrogens (tertiary/aromatic N) is 3. The van der Waals surface area contributed by atoms with Crippen molar-refractivity contribution >= 4 is 45.0 Å². The first-order valence-electron chi connectivity index (χ1n) is 10.7. The van der Waals surface area contributed by atoms with Crippen molar-refractivity contribution < 1.29 is 19.0 Å². The maximum Gasteiger partial charge on any atom is 0.278 e. The van der Waals surface area contributed by atoms with Crippen molar-refractivity contribution in [1.82, 2.24) is 14.7 Å². The number of benzene rings is 2. The second-order valence-corrected chi connectivity index (χ2v) is 10.5. The highest BCUT2D eigenvalue weighted by Gasteiger charge is 2.39. The van der Waals surface area contributed by atoms with Crippen molar-refractivity contribution in [2.75, 3.05) is 26.9 Å². The number of fused-ring (bicyclic) bond motifs is 3. The SMILES string of the molecule is COc1cc2c(cc1Br)-c1c(c(C(=O)N3CCOCC3(C)C)nn1-c1cc(Cl)cc(Cl)c1)OC2. The van der Waals surface area contributed by atoms with Crippen molar-refractivity contribution in [3.63, 3.8) is 0 Å². The first-order valence-corrected chi connectivity index (χ1v) is 12.2. The standard InChI is InChI=1S/C24H22BrCl2N3O4/c1-24(2)12-33-5-4-29(24)23(31)20-22-21(30(28-20)16-8-14(26)7-15(27)9-16)17-10-18(25)19(32-3)6-13(17)11-34-22/h6-10H,4-5,11-12H2,1-3H3. The lowest BCUT2D eigenvalue weighted by Gasteiger charge is -2.41. The number of ether oxygens (including phenoxy) is 3. The van der Waals surface area contributed by atoms with Crippen LogP contribution >= 0.6 is 39.1 Å². The van der Waals surface area contributed by atoms with Crippen LogP contribution in [0.1, 0.15) is 29.9 Å². The highest BCUT2D eigenvalue weighted by molar-refractivity contribution is 9.10. The van der Waals surface area contributed by atoms with Gasteiger partial charge in [0.2, 0.25) is 0 Å². The van der Waals surface area contributed by atoms with E-state index in [9.17, 15) is 4.79 Å². The van der Waals surface area contributed by atoms with Gasteiger partial charge in [0.1, 0.15) is 18.1 Å². The number of morpholine rings is 1.